The number of rotatable bonds is 5. The van der Waals surface area contributed by atoms with Gasteiger partial charge in [-0.1, -0.05) is 23.9 Å². The summed E-state index contributed by atoms with van der Waals surface area (Å²) in [5, 5.41) is 11.2. The first-order valence-electron chi connectivity index (χ1n) is 8.15. The van der Waals surface area contributed by atoms with E-state index in [2.05, 4.69) is 10.2 Å². The molecule has 1 atom stereocenters. The number of thioether (sulfide) groups is 1. The molecule has 134 valence electrons. The minimum absolute atomic E-state index is 0.196. The van der Waals surface area contributed by atoms with Gasteiger partial charge in [-0.05, 0) is 36.1 Å². The summed E-state index contributed by atoms with van der Waals surface area (Å²) in [6, 6.07) is 9.95. The third-order valence-corrected chi connectivity index (χ3v) is 6.14. The van der Waals surface area contributed by atoms with Gasteiger partial charge in [0.15, 0.2) is 11.0 Å². The lowest BCUT2D eigenvalue weighted by molar-refractivity contribution is -0.137. The maximum atomic E-state index is 11.9. The predicted octanol–water partition coefficient (Wildman–Crippen LogP) is 3.72. The van der Waals surface area contributed by atoms with Crippen LogP contribution in [-0.4, -0.2) is 39.7 Å². The van der Waals surface area contributed by atoms with E-state index in [1.807, 2.05) is 47.2 Å². The standard InChI is InChI=1S/C18H17N3O3S2/c1-11-5-6-13(23-2)12(10-11)21-16(14-4-3-9-25-14)19-20-18(21)26-15-7-8-24-17(15)22/h3-6,9-10,15H,7-8H2,1-2H3/t15-/m1/s1. The highest BCUT2D eigenvalue weighted by molar-refractivity contribution is 8.00. The molecule has 1 aliphatic rings. The number of carbonyl (C=O) groups is 1. The first kappa shape index (κ1) is 17.1. The topological polar surface area (TPSA) is 66.2 Å². The first-order valence-corrected chi connectivity index (χ1v) is 9.91. The normalized spacial score (nSPS) is 16.7. The number of nitrogens with zero attached hydrogens (tertiary/aromatic N) is 3. The van der Waals surface area contributed by atoms with Gasteiger partial charge in [0, 0.05) is 6.42 Å². The second-order valence-corrected chi connectivity index (χ2v) is 7.97. The van der Waals surface area contributed by atoms with Crippen LogP contribution >= 0.6 is 23.1 Å². The molecule has 0 N–H and O–H groups in total. The van der Waals surface area contributed by atoms with E-state index in [4.69, 9.17) is 9.47 Å². The highest BCUT2D eigenvalue weighted by atomic mass is 32.2. The molecule has 6 nitrogen and oxygen atoms in total. The van der Waals surface area contributed by atoms with E-state index in [9.17, 15) is 4.79 Å². The van der Waals surface area contributed by atoms with E-state index in [-0.39, 0.29) is 11.2 Å². The Bertz CT molecular complexity index is 937. The summed E-state index contributed by atoms with van der Waals surface area (Å²) in [4.78, 5) is 12.9. The van der Waals surface area contributed by atoms with Crippen molar-refractivity contribution in [1.29, 1.82) is 0 Å². The molecule has 0 radical (unpaired) electrons. The van der Waals surface area contributed by atoms with Crippen LogP contribution in [0.4, 0.5) is 0 Å². The summed E-state index contributed by atoms with van der Waals surface area (Å²) < 4.78 is 12.6. The van der Waals surface area contributed by atoms with Crippen molar-refractivity contribution in [3.8, 4) is 22.1 Å². The van der Waals surface area contributed by atoms with Crippen LogP contribution in [0.3, 0.4) is 0 Å². The van der Waals surface area contributed by atoms with Gasteiger partial charge in [-0.2, -0.15) is 0 Å². The molecule has 2 aromatic heterocycles. The van der Waals surface area contributed by atoms with Crippen molar-refractivity contribution in [2.45, 2.75) is 23.8 Å². The highest BCUT2D eigenvalue weighted by Crippen LogP contribution is 2.37. The Morgan fingerprint density at radius 1 is 1.35 bits per heavy atom. The van der Waals surface area contributed by atoms with Crippen molar-refractivity contribution in [2.24, 2.45) is 0 Å². The Kier molecular flexibility index (Phi) is 4.69. The van der Waals surface area contributed by atoms with Gasteiger partial charge in [0.1, 0.15) is 11.0 Å². The summed E-state index contributed by atoms with van der Waals surface area (Å²) in [7, 11) is 1.64. The van der Waals surface area contributed by atoms with E-state index in [1.165, 1.54) is 11.8 Å². The van der Waals surface area contributed by atoms with Crippen molar-refractivity contribution in [3.05, 3.63) is 41.3 Å². The van der Waals surface area contributed by atoms with Gasteiger partial charge in [0.05, 0.1) is 24.3 Å². The summed E-state index contributed by atoms with van der Waals surface area (Å²) in [5.74, 6) is 1.26. The SMILES string of the molecule is COc1ccc(C)cc1-n1c(S[C@@H]2CCOC2=O)nnc1-c1cccs1. The monoisotopic (exact) mass is 387 g/mol. The van der Waals surface area contributed by atoms with Crippen LogP contribution in [0, 0.1) is 6.92 Å². The van der Waals surface area contributed by atoms with Crippen molar-refractivity contribution in [3.63, 3.8) is 0 Å². The summed E-state index contributed by atoms with van der Waals surface area (Å²) in [6.07, 6.45) is 0.676. The molecule has 26 heavy (non-hydrogen) atoms. The van der Waals surface area contributed by atoms with Crippen molar-refractivity contribution in [1.82, 2.24) is 14.8 Å². The zero-order valence-corrected chi connectivity index (χ0v) is 16.0. The number of carbonyl (C=O) groups excluding carboxylic acids is 1. The fourth-order valence-corrected chi connectivity index (χ4v) is 4.52. The van der Waals surface area contributed by atoms with Gasteiger partial charge in [-0.25, -0.2) is 0 Å². The van der Waals surface area contributed by atoms with Gasteiger partial charge in [-0.3, -0.25) is 9.36 Å². The van der Waals surface area contributed by atoms with Gasteiger partial charge in [-0.15, -0.1) is 21.5 Å². The average Bonchev–Trinajstić information content (AvgIpc) is 3.37. The number of hydrogen-bond acceptors (Lipinski definition) is 7. The quantitative estimate of drug-likeness (QED) is 0.622. The maximum Gasteiger partial charge on any atom is 0.319 e. The third-order valence-electron chi connectivity index (χ3n) is 4.09. The second kappa shape index (κ2) is 7.13. The molecule has 3 heterocycles. The first-order chi connectivity index (χ1) is 12.7. The number of hydrogen-bond donors (Lipinski definition) is 0. The minimum atomic E-state index is -0.259. The molecular formula is C18H17N3O3S2. The summed E-state index contributed by atoms with van der Waals surface area (Å²) in [5.41, 5.74) is 1.96. The van der Waals surface area contributed by atoms with E-state index in [0.29, 0.717) is 18.2 Å². The van der Waals surface area contributed by atoms with Crippen LogP contribution in [0.5, 0.6) is 5.75 Å². The van der Waals surface area contributed by atoms with Crippen LogP contribution < -0.4 is 4.74 Å². The minimum Gasteiger partial charge on any atom is -0.495 e. The molecule has 0 saturated carbocycles. The Morgan fingerprint density at radius 3 is 2.92 bits per heavy atom. The molecule has 0 unspecified atom stereocenters. The number of benzene rings is 1. The molecule has 3 aromatic rings. The number of aromatic nitrogens is 3. The van der Waals surface area contributed by atoms with Crippen LogP contribution in [0.25, 0.3) is 16.4 Å². The number of thiophene rings is 1. The Morgan fingerprint density at radius 2 is 2.23 bits per heavy atom. The number of esters is 1. The van der Waals surface area contributed by atoms with Crippen molar-refractivity contribution in [2.75, 3.05) is 13.7 Å². The summed E-state index contributed by atoms with van der Waals surface area (Å²) in [6.45, 7) is 2.48. The second-order valence-electron chi connectivity index (χ2n) is 5.86. The largest absolute Gasteiger partial charge is 0.495 e. The fourth-order valence-electron chi connectivity index (χ4n) is 2.82. The zero-order valence-electron chi connectivity index (χ0n) is 14.3. The molecule has 0 bridgehead atoms. The van der Waals surface area contributed by atoms with E-state index < -0.39 is 0 Å². The smallest absolute Gasteiger partial charge is 0.319 e. The predicted molar refractivity (Wildman–Crippen MR) is 101 cm³/mol. The van der Waals surface area contributed by atoms with Crippen molar-refractivity contribution >= 4 is 29.1 Å². The van der Waals surface area contributed by atoms with E-state index in [1.54, 1.807) is 18.4 Å². The van der Waals surface area contributed by atoms with Gasteiger partial charge in [0.25, 0.3) is 0 Å². The van der Waals surface area contributed by atoms with E-state index >= 15 is 0 Å². The van der Waals surface area contributed by atoms with Crippen LogP contribution in [-0.2, 0) is 9.53 Å². The number of aryl methyl sites for hydroxylation is 1. The molecule has 0 spiro atoms. The molecule has 4 rings (SSSR count). The molecule has 0 aliphatic carbocycles. The lowest BCUT2D eigenvalue weighted by Gasteiger charge is -2.15. The van der Waals surface area contributed by atoms with Crippen molar-refractivity contribution < 1.29 is 14.3 Å². The highest BCUT2D eigenvalue weighted by Gasteiger charge is 2.31. The third kappa shape index (κ3) is 3.10. The number of cyclic esters (lactones) is 1. The Balaban J connectivity index is 1.86. The van der Waals surface area contributed by atoms with E-state index in [0.717, 1.165) is 27.7 Å². The van der Waals surface area contributed by atoms with Gasteiger partial charge < -0.3 is 9.47 Å². The number of methoxy groups -OCH3 is 1. The van der Waals surface area contributed by atoms with Crippen LogP contribution in [0.1, 0.15) is 12.0 Å². The Hall–Kier alpha value is -2.32. The molecule has 1 aromatic carbocycles. The molecule has 0 amide bonds. The van der Waals surface area contributed by atoms with Crippen LogP contribution in [0.2, 0.25) is 0 Å². The summed E-state index contributed by atoms with van der Waals surface area (Å²) >= 11 is 2.98. The average molecular weight is 387 g/mol. The zero-order chi connectivity index (χ0) is 18.1. The van der Waals surface area contributed by atoms with Crippen LogP contribution in [0.15, 0.2) is 40.9 Å². The molecular weight excluding hydrogens is 370 g/mol. The molecule has 1 aliphatic heterocycles. The lowest BCUT2D eigenvalue weighted by atomic mass is 10.2. The van der Waals surface area contributed by atoms with Gasteiger partial charge in [0.2, 0.25) is 0 Å². The lowest BCUT2D eigenvalue weighted by Crippen LogP contribution is -2.11. The number of ether oxygens (including phenoxy) is 2. The molecule has 1 fully saturated rings. The van der Waals surface area contributed by atoms with Gasteiger partial charge >= 0.3 is 5.97 Å². The molecule has 8 heteroatoms. The fraction of sp³-hybridized carbons (Fsp3) is 0.278. The maximum absolute atomic E-state index is 11.9. The Labute approximate surface area is 159 Å². The molecule has 1 saturated heterocycles.